The number of hydrogen-bond acceptors (Lipinski definition) is 1. The summed E-state index contributed by atoms with van der Waals surface area (Å²) in [5.74, 6) is 0. The van der Waals surface area contributed by atoms with E-state index in [1.807, 2.05) is 0 Å². The molecule has 0 rings (SSSR count). The third-order valence-corrected chi connectivity index (χ3v) is 0. The molecule has 0 atom stereocenters. The van der Waals surface area contributed by atoms with Crippen LogP contribution in [0, 0.1) is 38.6 Å². The minimum absolute atomic E-state index is 0. The smallest absolute Gasteiger partial charge is 0.450 e. The van der Waals surface area contributed by atoms with Crippen molar-refractivity contribution >= 4 is 6.16 Å². The first kappa shape index (κ1) is 15.7. The summed E-state index contributed by atoms with van der Waals surface area (Å²) in [4.78, 5) is 8.56. The molecule has 0 unspecified atom stereocenters. The quantitative estimate of drug-likeness (QED) is 0.610. The number of hydrogen-bond donors (Lipinski definition) is 2. The molecule has 0 amide bonds. The largest absolute Gasteiger partial charge is 0.503 e. The SMILES string of the molecule is O=C(O)O.[Ta].[Tb]. The van der Waals surface area contributed by atoms with Crippen LogP contribution in [0.5, 0.6) is 0 Å². The van der Waals surface area contributed by atoms with Crippen molar-refractivity contribution in [2.24, 2.45) is 0 Å². The summed E-state index contributed by atoms with van der Waals surface area (Å²) in [5, 5.41) is 13.9. The van der Waals surface area contributed by atoms with Gasteiger partial charge in [-0.2, -0.15) is 0 Å². The third kappa shape index (κ3) is 58.2. The molecule has 0 aliphatic carbocycles. The molecule has 2 radical (unpaired) electrons. The van der Waals surface area contributed by atoms with Gasteiger partial charge in [-0.15, -0.1) is 0 Å². The van der Waals surface area contributed by atoms with E-state index in [1.54, 1.807) is 0 Å². The maximum Gasteiger partial charge on any atom is 0.503 e. The zero-order chi connectivity index (χ0) is 3.58. The van der Waals surface area contributed by atoms with Gasteiger partial charge in [0.2, 0.25) is 0 Å². The Hall–Kier alpha value is 1.30. The molecular formula is CH2O3TaTb. The molecule has 0 saturated heterocycles. The van der Waals surface area contributed by atoms with E-state index in [1.165, 1.54) is 0 Å². The monoisotopic (exact) mass is 402 g/mol. The summed E-state index contributed by atoms with van der Waals surface area (Å²) >= 11 is 0. The fourth-order valence-electron chi connectivity index (χ4n) is 0. The molecule has 0 saturated carbocycles. The second kappa shape index (κ2) is 9.57. The van der Waals surface area contributed by atoms with E-state index in [2.05, 4.69) is 0 Å². The van der Waals surface area contributed by atoms with Crippen molar-refractivity contribution in [3.63, 3.8) is 0 Å². The van der Waals surface area contributed by atoms with Crippen molar-refractivity contribution < 1.29 is 76.0 Å². The van der Waals surface area contributed by atoms with Crippen LogP contribution >= 0.6 is 0 Å². The molecule has 0 aliphatic rings. The van der Waals surface area contributed by atoms with Gasteiger partial charge in [0, 0.05) is 61.0 Å². The van der Waals surface area contributed by atoms with Crippen LogP contribution in [0.1, 0.15) is 0 Å². The molecule has 0 aromatic carbocycles. The molecule has 0 bridgehead atoms. The van der Waals surface area contributed by atoms with E-state index >= 15 is 0 Å². The van der Waals surface area contributed by atoms with Gasteiger partial charge in [0.1, 0.15) is 0 Å². The van der Waals surface area contributed by atoms with Crippen LogP contribution in [0.3, 0.4) is 0 Å². The van der Waals surface area contributed by atoms with Crippen LogP contribution in [0.4, 0.5) is 4.79 Å². The van der Waals surface area contributed by atoms with Gasteiger partial charge in [0.15, 0.2) is 0 Å². The molecule has 6 heavy (non-hydrogen) atoms. The van der Waals surface area contributed by atoms with Crippen LogP contribution in [-0.2, 0) is 22.4 Å². The van der Waals surface area contributed by atoms with Gasteiger partial charge in [-0.3, -0.25) is 0 Å². The Morgan fingerprint density at radius 2 is 1.33 bits per heavy atom. The van der Waals surface area contributed by atoms with Crippen LogP contribution < -0.4 is 0 Å². The molecule has 0 fully saturated rings. The van der Waals surface area contributed by atoms with Gasteiger partial charge >= 0.3 is 6.16 Å². The second-order valence-corrected chi connectivity index (χ2v) is 0.283. The van der Waals surface area contributed by atoms with E-state index in [0.717, 1.165) is 0 Å². The molecule has 2 N–H and O–H groups in total. The normalized spacial score (nSPS) is 4.00. The summed E-state index contributed by atoms with van der Waals surface area (Å²) in [6, 6.07) is 0. The summed E-state index contributed by atoms with van der Waals surface area (Å²) in [5.41, 5.74) is 0. The van der Waals surface area contributed by atoms with Crippen LogP contribution in [0.15, 0.2) is 0 Å². The minimum atomic E-state index is -1.83. The van der Waals surface area contributed by atoms with Gasteiger partial charge in [0.05, 0.1) is 0 Å². The summed E-state index contributed by atoms with van der Waals surface area (Å²) in [6.45, 7) is 0. The van der Waals surface area contributed by atoms with Crippen molar-refractivity contribution in [1.29, 1.82) is 0 Å². The molecule has 5 heteroatoms. The molecule has 38 valence electrons. The topological polar surface area (TPSA) is 57.5 Å². The fourth-order valence-corrected chi connectivity index (χ4v) is 0. The Kier molecular flexibility index (Phi) is 25.0. The fraction of sp³-hybridized carbons (Fsp3) is 0. The first-order chi connectivity index (χ1) is 1.73. The van der Waals surface area contributed by atoms with E-state index < -0.39 is 6.16 Å². The maximum atomic E-state index is 8.56. The number of carbonyl (C=O) groups is 1. The van der Waals surface area contributed by atoms with E-state index in [-0.39, 0.29) is 61.0 Å². The van der Waals surface area contributed by atoms with Crippen molar-refractivity contribution in [3.05, 3.63) is 0 Å². The Bertz CT molecular complexity index is 33.8. The van der Waals surface area contributed by atoms with E-state index in [0.29, 0.717) is 0 Å². The zero-order valence-electron chi connectivity index (χ0n) is 2.58. The van der Waals surface area contributed by atoms with Crippen LogP contribution in [0.25, 0.3) is 0 Å². The van der Waals surface area contributed by atoms with Gasteiger partial charge in [-0.05, 0) is 0 Å². The van der Waals surface area contributed by atoms with Crippen molar-refractivity contribution in [2.45, 2.75) is 0 Å². The molecule has 0 heterocycles. The predicted octanol–water partition coefficient (Wildman–Crippen LogP) is 0.220. The zero-order valence-corrected chi connectivity index (χ0v) is 7.94. The van der Waals surface area contributed by atoms with Crippen molar-refractivity contribution in [1.82, 2.24) is 0 Å². The molecule has 0 spiro atoms. The third-order valence-electron chi connectivity index (χ3n) is 0. The summed E-state index contributed by atoms with van der Waals surface area (Å²) in [7, 11) is 0. The summed E-state index contributed by atoms with van der Waals surface area (Å²) in [6.07, 6.45) is -1.83. The minimum Gasteiger partial charge on any atom is -0.450 e. The maximum absolute atomic E-state index is 8.56. The van der Waals surface area contributed by atoms with Gasteiger partial charge in [-0.1, -0.05) is 0 Å². The first-order valence-corrected chi connectivity index (χ1v) is 0.651. The first-order valence-electron chi connectivity index (χ1n) is 0.651. The number of rotatable bonds is 0. The van der Waals surface area contributed by atoms with E-state index in [9.17, 15) is 0 Å². The van der Waals surface area contributed by atoms with Gasteiger partial charge in [0.25, 0.3) is 0 Å². The van der Waals surface area contributed by atoms with E-state index in [4.69, 9.17) is 15.0 Å². The molecule has 3 nitrogen and oxygen atoms in total. The Morgan fingerprint density at radius 3 is 1.33 bits per heavy atom. The average molecular weight is 402 g/mol. The Balaban J connectivity index is -0.0000000450. The van der Waals surface area contributed by atoms with Crippen LogP contribution in [0.2, 0.25) is 0 Å². The molecule has 0 aromatic rings. The van der Waals surface area contributed by atoms with Crippen molar-refractivity contribution in [3.8, 4) is 0 Å². The van der Waals surface area contributed by atoms with Gasteiger partial charge < -0.3 is 10.2 Å². The molecule has 0 aliphatic heterocycles. The van der Waals surface area contributed by atoms with Crippen LogP contribution in [-0.4, -0.2) is 16.4 Å². The second-order valence-electron chi connectivity index (χ2n) is 0.283. The average Bonchev–Trinajstić information content (AvgIpc) is 0.811. The standard InChI is InChI=1S/CH2O3.Ta.Tb/c2-1(3)4;;/h(H2,2,3,4);;. The van der Waals surface area contributed by atoms with Gasteiger partial charge in [-0.25, -0.2) is 4.79 Å². The molecular weight excluding hydrogens is 400 g/mol. The summed E-state index contributed by atoms with van der Waals surface area (Å²) < 4.78 is 0. The molecule has 0 aromatic heterocycles. The Labute approximate surface area is 81.1 Å². The van der Waals surface area contributed by atoms with Crippen molar-refractivity contribution in [2.75, 3.05) is 0 Å². The Morgan fingerprint density at radius 1 is 1.33 bits per heavy atom. The predicted molar refractivity (Wildman–Crippen MR) is 10.7 cm³/mol. The number of carboxylic acid groups (broad SMARTS) is 2.